The van der Waals surface area contributed by atoms with E-state index in [1.165, 1.54) is 12.1 Å². The Kier molecular flexibility index (Phi) is 5.07. The zero-order valence-corrected chi connectivity index (χ0v) is 13.3. The maximum absolute atomic E-state index is 11.8. The lowest BCUT2D eigenvalue weighted by atomic mass is 10.1. The van der Waals surface area contributed by atoms with Gasteiger partial charge in [-0.2, -0.15) is 5.10 Å². The Labute approximate surface area is 143 Å². The minimum Gasteiger partial charge on any atom is -0.480 e. The van der Waals surface area contributed by atoms with Gasteiger partial charge in [0.25, 0.3) is 11.5 Å². The van der Waals surface area contributed by atoms with Gasteiger partial charge in [0.2, 0.25) is 0 Å². The molecule has 6 heteroatoms. The maximum atomic E-state index is 11.8. The summed E-state index contributed by atoms with van der Waals surface area (Å²) in [6.07, 6.45) is 0. The maximum Gasteiger partial charge on any atom is 0.272 e. The molecule has 0 aliphatic heterocycles. The predicted molar refractivity (Wildman–Crippen MR) is 94.4 cm³/mol. The predicted octanol–water partition coefficient (Wildman–Crippen LogP) is 1.74. The summed E-state index contributed by atoms with van der Waals surface area (Å²) in [5.41, 5.74) is -0.227. The molecule has 3 rings (SSSR count). The number of amides is 1. The lowest BCUT2D eigenvalue weighted by Crippen LogP contribution is -2.26. The molecule has 0 unspecified atom stereocenters. The van der Waals surface area contributed by atoms with Crippen molar-refractivity contribution in [2.45, 2.75) is 0 Å². The summed E-state index contributed by atoms with van der Waals surface area (Å²) < 4.78 is 5.69. The van der Waals surface area contributed by atoms with E-state index in [1.807, 2.05) is 42.5 Å². The van der Waals surface area contributed by atoms with Crippen molar-refractivity contribution in [1.29, 1.82) is 0 Å². The summed E-state index contributed by atoms with van der Waals surface area (Å²) >= 11 is 0. The van der Waals surface area contributed by atoms with Crippen molar-refractivity contribution in [3.8, 4) is 17.6 Å². The zero-order valence-electron chi connectivity index (χ0n) is 13.3. The van der Waals surface area contributed by atoms with Crippen LogP contribution >= 0.6 is 0 Å². The SMILES string of the molecule is O=C(NCC#CCOc1cccc2ccccc12)c1ccc(=O)[nH]n1. The Bertz CT molecular complexity index is 990. The van der Waals surface area contributed by atoms with Crippen LogP contribution in [0.2, 0.25) is 0 Å². The first kappa shape index (κ1) is 16.3. The molecule has 0 radical (unpaired) electrons. The van der Waals surface area contributed by atoms with Crippen LogP contribution in [0.25, 0.3) is 10.8 Å². The Hall–Kier alpha value is -3.59. The molecule has 0 fully saturated rings. The van der Waals surface area contributed by atoms with Crippen LogP contribution in [0.3, 0.4) is 0 Å². The van der Waals surface area contributed by atoms with Crippen LogP contribution in [-0.4, -0.2) is 29.3 Å². The minimum atomic E-state index is -0.402. The summed E-state index contributed by atoms with van der Waals surface area (Å²) in [7, 11) is 0. The van der Waals surface area contributed by atoms with E-state index in [1.54, 1.807) is 0 Å². The Morgan fingerprint density at radius 3 is 2.76 bits per heavy atom. The number of H-pyrrole nitrogens is 1. The number of aromatic nitrogens is 2. The highest BCUT2D eigenvalue weighted by Gasteiger charge is 2.05. The van der Waals surface area contributed by atoms with Crippen molar-refractivity contribution in [2.24, 2.45) is 0 Å². The molecule has 2 aromatic carbocycles. The first-order valence-electron chi connectivity index (χ1n) is 7.64. The van der Waals surface area contributed by atoms with Crippen LogP contribution < -0.4 is 15.6 Å². The highest BCUT2D eigenvalue weighted by atomic mass is 16.5. The summed E-state index contributed by atoms with van der Waals surface area (Å²) in [6.45, 7) is 0.388. The highest BCUT2D eigenvalue weighted by molar-refractivity contribution is 5.92. The second-order valence-corrected chi connectivity index (χ2v) is 5.11. The molecule has 0 aliphatic carbocycles. The molecule has 6 nitrogen and oxygen atoms in total. The van der Waals surface area contributed by atoms with E-state index in [4.69, 9.17) is 4.74 Å². The molecule has 124 valence electrons. The van der Waals surface area contributed by atoms with Crippen molar-refractivity contribution in [3.63, 3.8) is 0 Å². The van der Waals surface area contributed by atoms with E-state index in [0.29, 0.717) is 0 Å². The number of aromatic amines is 1. The highest BCUT2D eigenvalue weighted by Crippen LogP contribution is 2.24. The second kappa shape index (κ2) is 7.79. The van der Waals surface area contributed by atoms with Gasteiger partial charge in [0, 0.05) is 11.5 Å². The van der Waals surface area contributed by atoms with Gasteiger partial charge in [0.05, 0.1) is 6.54 Å². The van der Waals surface area contributed by atoms with Gasteiger partial charge in [-0.05, 0) is 17.5 Å². The smallest absolute Gasteiger partial charge is 0.272 e. The third kappa shape index (κ3) is 4.24. The Balaban J connectivity index is 1.50. The molecule has 0 bridgehead atoms. The van der Waals surface area contributed by atoms with E-state index in [0.717, 1.165) is 16.5 Å². The van der Waals surface area contributed by atoms with E-state index in [-0.39, 0.29) is 24.4 Å². The number of ether oxygens (including phenoxy) is 1. The third-order valence-electron chi connectivity index (χ3n) is 3.42. The van der Waals surface area contributed by atoms with Crippen molar-refractivity contribution in [3.05, 3.63) is 70.6 Å². The fraction of sp³-hybridized carbons (Fsp3) is 0.105. The number of carbonyl (C=O) groups is 1. The molecule has 1 aromatic heterocycles. The molecule has 1 amide bonds. The first-order chi connectivity index (χ1) is 12.2. The molecule has 0 atom stereocenters. The fourth-order valence-corrected chi connectivity index (χ4v) is 2.23. The van der Waals surface area contributed by atoms with Crippen LogP contribution in [-0.2, 0) is 0 Å². The molecule has 0 aliphatic rings. The van der Waals surface area contributed by atoms with Gasteiger partial charge in [-0.15, -0.1) is 0 Å². The average Bonchev–Trinajstić information content (AvgIpc) is 2.65. The van der Waals surface area contributed by atoms with Gasteiger partial charge in [0.15, 0.2) is 0 Å². The summed E-state index contributed by atoms with van der Waals surface area (Å²) in [6, 6.07) is 16.4. The van der Waals surface area contributed by atoms with Gasteiger partial charge >= 0.3 is 0 Å². The van der Waals surface area contributed by atoms with Crippen molar-refractivity contribution in [1.82, 2.24) is 15.5 Å². The Morgan fingerprint density at radius 2 is 1.92 bits per heavy atom. The summed E-state index contributed by atoms with van der Waals surface area (Å²) in [5.74, 6) is 6.03. The molecular formula is C19H15N3O3. The number of nitrogens with one attached hydrogen (secondary N) is 2. The van der Waals surface area contributed by atoms with E-state index < -0.39 is 5.91 Å². The molecule has 0 saturated carbocycles. The number of nitrogens with zero attached hydrogens (tertiary/aromatic N) is 1. The van der Waals surface area contributed by atoms with Gasteiger partial charge in [-0.1, -0.05) is 48.2 Å². The van der Waals surface area contributed by atoms with Crippen LogP contribution in [0.15, 0.2) is 59.4 Å². The molecular weight excluding hydrogens is 318 g/mol. The minimum absolute atomic E-state index is 0.133. The summed E-state index contributed by atoms with van der Waals surface area (Å²) in [4.78, 5) is 22.7. The lowest BCUT2D eigenvalue weighted by molar-refractivity contribution is 0.0952. The van der Waals surface area contributed by atoms with Gasteiger partial charge in [0.1, 0.15) is 18.1 Å². The number of rotatable bonds is 4. The Morgan fingerprint density at radius 1 is 1.08 bits per heavy atom. The van der Waals surface area contributed by atoms with E-state index in [2.05, 4.69) is 27.4 Å². The van der Waals surface area contributed by atoms with E-state index >= 15 is 0 Å². The van der Waals surface area contributed by atoms with Gasteiger partial charge in [-0.25, -0.2) is 5.10 Å². The monoisotopic (exact) mass is 333 g/mol. The largest absolute Gasteiger partial charge is 0.480 e. The quantitative estimate of drug-likeness (QED) is 0.712. The molecule has 0 spiro atoms. The molecule has 2 N–H and O–H groups in total. The summed E-state index contributed by atoms with van der Waals surface area (Å²) in [5, 5.41) is 10.6. The average molecular weight is 333 g/mol. The van der Waals surface area contributed by atoms with Crippen molar-refractivity contribution >= 4 is 16.7 Å². The van der Waals surface area contributed by atoms with Crippen LogP contribution in [0, 0.1) is 11.8 Å². The third-order valence-corrected chi connectivity index (χ3v) is 3.42. The number of fused-ring (bicyclic) bond motifs is 1. The van der Waals surface area contributed by atoms with Crippen LogP contribution in [0.1, 0.15) is 10.5 Å². The fourth-order valence-electron chi connectivity index (χ4n) is 2.23. The normalized spacial score (nSPS) is 9.92. The topological polar surface area (TPSA) is 84.1 Å². The van der Waals surface area contributed by atoms with Gasteiger partial charge in [-0.3, -0.25) is 9.59 Å². The number of hydrogen-bond acceptors (Lipinski definition) is 4. The lowest BCUT2D eigenvalue weighted by Gasteiger charge is -2.06. The zero-order chi connectivity index (χ0) is 17.5. The standard InChI is InChI=1S/C19H15N3O3/c23-18-11-10-16(21-22-18)19(24)20-12-3-4-13-25-17-9-5-7-14-6-1-2-8-15(14)17/h1-2,5-11H,12-13H2,(H,20,24)(H,22,23). The molecule has 1 heterocycles. The van der Waals surface area contributed by atoms with Crippen molar-refractivity contribution in [2.75, 3.05) is 13.2 Å². The molecule has 3 aromatic rings. The van der Waals surface area contributed by atoms with Gasteiger partial charge < -0.3 is 10.1 Å². The van der Waals surface area contributed by atoms with Crippen molar-refractivity contribution < 1.29 is 9.53 Å². The first-order valence-corrected chi connectivity index (χ1v) is 7.64. The number of carbonyl (C=O) groups excluding carboxylic acids is 1. The van der Waals surface area contributed by atoms with Crippen LogP contribution in [0.5, 0.6) is 5.75 Å². The van der Waals surface area contributed by atoms with E-state index in [9.17, 15) is 9.59 Å². The number of benzene rings is 2. The molecule has 0 saturated heterocycles. The molecule has 25 heavy (non-hydrogen) atoms. The van der Waals surface area contributed by atoms with Crippen LogP contribution in [0.4, 0.5) is 0 Å². The number of hydrogen-bond donors (Lipinski definition) is 2. The second-order valence-electron chi connectivity index (χ2n) is 5.11.